The Morgan fingerprint density at radius 3 is 2.36 bits per heavy atom. The zero-order valence-electron chi connectivity index (χ0n) is 25.7. The summed E-state index contributed by atoms with van der Waals surface area (Å²) in [6, 6.07) is -0.959. The monoisotopic (exact) mass is 595 g/mol. The predicted molar refractivity (Wildman–Crippen MR) is 153 cm³/mol. The van der Waals surface area contributed by atoms with Crippen molar-refractivity contribution < 1.29 is 44.6 Å². The standard InChI is InChI=1S/C32H53NO9/c1-16(5-8-25(37)38)20-6-7-21-26-22(10-12-32(20,21)4)31(3)11-9-19(13-18(31)14-23(26)36)41-30-27(33-17(2)35)29(40)28(39)24(15-34)42-30/h16,18-24,26-30,34,36,39-40H,5-15H2,1-4H3,(H,33,35)(H,37,38)/t16-,18+,19-,20-,21+,22+,23+,24-,26+,27-,28-,29-,30-,31+,32-/m1/s1. The summed E-state index contributed by atoms with van der Waals surface area (Å²) in [5, 5.41) is 54.3. The molecule has 240 valence electrons. The third-order valence-electron chi connectivity index (χ3n) is 12.8. The first kappa shape index (κ1) is 32.1. The Bertz CT molecular complexity index is 995. The molecule has 0 aromatic heterocycles. The highest BCUT2D eigenvalue weighted by molar-refractivity contribution is 5.73. The van der Waals surface area contributed by atoms with Gasteiger partial charge in [0.25, 0.3) is 0 Å². The molecule has 0 spiro atoms. The van der Waals surface area contributed by atoms with Gasteiger partial charge in [0.05, 0.1) is 18.8 Å². The lowest BCUT2D eigenvalue weighted by Gasteiger charge is -2.62. The van der Waals surface area contributed by atoms with Crippen molar-refractivity contribution in [2.45, 2.75) is 135 Å². The predicted octanol–water partition coefficient (Wildman–Crippen LogP) is 2.45. The van der Waals surface area contributed by atoms with E-state index >= 15 is 0 Å². The number of ether oxygens (including phenoxy) is 2. The van der Waals surface area contributed by atoms with Crippen LogP contribution in [-0.2, 0) is 19.1 Å². The van der Waals surface area contributed by atoms with Gasteiger partial charge in [-0.3, -0.25) is 9.59 Å². The Kier molecular flexibility index (Phi) is 9.36. The number of fused-ring (bicyclic) bond motifs is 5. The summed E-state index contributed by atoms with van der Waals surface area (Å²) >= 11 is 0. The van der Waals surface area contributed by atoms with Gasteiger partial charge in [-0.15, -0.1) is 0 Å². The largest absolute Gasteiger partial charge is 0.481 e. The normalized spacial score (nSPS) is 49.3. The van der Waals surface area contributed by atoms with E-state index in [0.29, 0.717) is 36.5 Å². The molecular weight excluding hydrogens is 542 g/mol. The van der Waals surface area contributed by atoms with Gasteiger partial charge in [-0.25, -0.2) is 0 Å². The molecule has 5 aliphatic rings. The topological polar surface area (TPSA) is 166 Å². The highest BCUT2D eigenvalue weighted by atomic mass is 16.7. The van der Waals surface area contributed by atoms with Gasteiger partial charge < -0.3 is 40.3 Å². The molecule has 4 saturated carbocycles. The van der Waals surface area contributed by atoms with Crippen LogP contribution in [0.3, 0.4) is 0 Å². The summed E-state index contributed by atoms with van der Waals surface area (Å²) in [6.45, 7) is 7.89. The van der Waals surface area contributed by atoms with Gasteiger partial charge in [-0.1, -0.05) is 20.8 Å². The van der Waals surface area contributed by atoms with Crippen molar-refractivity contribution in [3.05, 3.63) is 0 Å². The van der Waals surface area contributed by atoms with Crippen molar-refractivity contribution in [1.29, 1.82) is 0 Å². The molecule has 42 heavy (non-hydrogen) atoms. The molecule has 0 unspecified atom stereocenters. The van der Waals surface area contributed by atoms with Crippen LogP contribution in [-0.4, -0.2) is 86.9 Å². The number of carbonyl (C=O) groups is 2. The van der Waals surface area contributed by atoms with Crippen LogP contribution in [0.1, 0.15) is 91.9 Å². The maximum Gasteiger partial charge on any atom is 0.303 e. The Morgan fingerprint density at radius 1 is 1.00 bits per heavy atom. The fourth-order valence-electron chi connectivity index (χ4n) is 10.6. The quantitative estimate of drug-likeness (QED) is 0.231. The first-order valence-corrected chi connectivity index (χ1v) is 16.2. The minimum atomic E-state index is -1.35. The molecule has 0 radical (unpaired) electrons. The average molecular weight is 596 g/mol. The number of carboxylic acids is 1. The second-order valence-corrected chi connectivity index (χ2v) is 14.9. The molecule has 15 atom stereocenters. The van der Waals surface area contributed by atoms with E-state index in [4.69, 9.17) is 9.47 Å². The first-order valence-electron chi connectivity index (χ1n) is 16.2. The van der Waals surface area contributed by atoms with Gasteiger partial charge >= 0.3 is 5.97 Å². The van der Waals surface area contributed by atoms with E-state index in [2.05, 4.69) is 26.1 Å². The highest BCUT2D eigenvalue weighted by Crippen LogP contribution is 2.68. The summed E-state index contributed by atoms with van der Waals surface area (Å²) in [5.41, 5.74) is 0.209. The summed E-state index contributed by atoms with van der Waals surface area (Å²) in [5.74, 6) is 1.14. The Labute approximate surface area is 249 Å². The molecule has 5 fully saturated rings. The molecule has 1 heterocycles. The maximum atomic E-state index is 11.9. The number of rotatable bonds is 8. The van der Waals surface area contributed by atoms with Crippen LogP contribution in [0.15, 0.2) is 0 Å². The summed E-state index contributed by atoms with van der Waals surface area (Å²) in [6.07, 6.45) is 3.23. The second-order valence-electron chi connectivity index (χ2n) is 14.9. The summed E-state index contributed by atoms with van der Waals surface area (Å²) < 4.78 is 12.2. The molecule has 1 aliphatic heterocycles. The lowest BCUT2D eigenvalue weighted by atomic mass is 9.43. The fraction of sp³-hybridized carbons (Fsp3) is 0.938. The Balaban J connectivity index is 1.28. The van der Waals surface area contributed by atoms with Crippen LogP contribution < -0.4 is 5.32 Å². The van der Waals surface area contributed by atoms with Crippen molar-refractivity contribution in [3.8, 4) is 0 Å². The second kappa shape index (κ2) is 12.2. The number of carbonyl (C=O) groups excluding carboxylic acids is 1. The zero-order chi connectivity index (χ0) is 30.6. The van der Waals surface area contributed by atoms with Crippen LogP contribution in [0.4, 0.5) is 0 Å². The van der Waals surface area contributed by atoms with Gasteiger partial charge in [-0.2, -0.15) is 0 Å². The van der Waals surface area contributed by atoms with Crippen LogP contribution >= 0.6 is 0 Å². The lowest BCUT2D eigenvalue weighted by molar-refractivity contribution is -0.290. The molecule has 10 heteroatoms. The Morgan fingerprint density at radius 2 is 1.69 bits per heavy atom. The average Bonchev–Trinajstić information content (AvgIpc) is 3.29. The lowest BCUT2D eigenvalue weighted by Crippen LogP contribution is -2.65. The number of nitrogens with one attached hydrogen (secondary N) is 1. The molecule has 0 bridgehead atoms. The van der Waals surface area contributed by atoms with E-state index in [9.17, 15) is 35.1 Å². The van der Waals surface area contributed by atoms with Crippen LogP contribution in [0.5, 0.6) is 0 Å². The van der Waals surface area contributed by atoms with E-state index in [1.807, 2.05) is 0 Å². The molecular formula is C32H53NO9. The number of aliphatic carboxylic acids is 1. The number of carboxylic acid groups (broad SMARTS) is 1. The van der Waals surface area contributed by atoms with Crippen molar-refractivity contribution in [2.24, 2.45) is 46.3 Å². The van der Waals surface area contributed by atoms with Crippen LogP contribution in [0.25, 0.3) is 0 Å². The van der Waals surface area contributed by atoms with Gasteiger partial charge in [0, 0.05) is 13.3 Å². The molecule has 6 N–H and O–H groups in total. The highest BCUT2D eigenvalue weighted by Gasteiger charge is 2.63. The van der Waals surface area contributed by atoms with Gasteiger partial charge in [0.1, 0.15) is 24.4 Å². The van der Waals surface area contributed by atoms with E-state index in [1.165, 1.54) is 6.92 Å². The fourth-order valence-corrected chi connectivity index (χ4v) is 10.6. The molecule has 5 rings (SSSR count). The van der Waals surface area contributed by atoms with Crippen molar-refractivity contribution >= 4 is 11.9 Å². The molecule has 1 saturated heterocycles. The first-order chi connectivity index (χ1) is 19.8. The van der Waals surface area contributed by atoms with E-state index in [-0.39, 0.29) is 41.1 Å². The summed E-state index contributed by atoms with van der Waals surface area (Å²) in [7, 11) is 0. The van der Waals surface area contributed by atoms with Crippen molar-refractivity contribution in [3.63, 3.8) is 0 Å². The zero-order valence-corrected chi connectivity index (χ0v) is 25.7. The number of hydrogen-bond acceptors (Lipinski definition) is 8. The molecule has 4 aliphatic carbocycles. The smallest absolute Gasteiger partial charge is 0.303 e. The van der Waals surface area contributed by atoms with Crippen molar-refractivity contribution in [1.82, 2.24) is 5.32 Å². The molecule has 10 nitrogen and oxygen atoms in total. The van der Waals surface area contributed by atoms with E-state index in [1.54, 1.807) is 0 Å². The summed E-state index contributed by atoms with van der Waals surface area (Å²) in [4.78, 5) is 23.1. The molecule has 1 amide bonds. The van der Waals surface area contributed by atoms with Gasteiger partial charge in [0.15, 0.2) is 6.29 Å². The van der Waals surface area contributed by atoms with Crippen LogP contribution in [0, 0.1) is 46.3 Å². The molecule has 0 aromatic carbocycles. The third kappa shape index (κ3) is 5.65. The number of hydrogen-bond donors (Lipinski definition) is 6. The molecule has 0 aromatic rings. The third-order valence-corrected chi connectivity index (χ3v) is 12.8. The number of aliphatic hydroxyl groups is 4. The minimum absolute atomic E-state index is 0.0753. The maximum absolute atomic E-state index is 11.9. The minimum Gasteiger partial charge on any atom is -0.481 e. The number of amides is 1. The van der Waals surface area contributed by atoms with Gasteiger partial charge in [0.2, 0.25) is 5.91 Å². The van der Waals surface area contributed by atoms with E-state index in [0.717, 1.165) is 44.9 Å². The van der Waals surface area contributed by atoms with Crippen LogP contribution in [0.2, 0.25) is 0 Å². The van der Waals surface area contributed by atoms with Crippen molar-refractivity contribution in [2.75, 3.05) is 6.61 Å². The van der Waals surface area contributed by atoms with E-state index < -0.39 is 49.3 Å². The SMILES string of the molecule is CC(=O)N[C@H]1[C@H](O[C@@H]2CC[C@@]3(C)[C@@H](C2)C[C@H](O)[C@@H]2[C@@H]3CC[C@]3(C)[C@@H]([C@H](C)CCC(=O)O)CC[C@@H]23)O[C@H](CO)[C@@H](O)[C@@H]1O. The number of aliphatic hydroxyl groups excluding tert-OH is 4. The Hall–Kier alpha value is -1.30. The van der Waals surface area contributed by atoms with Gasteiger partial charge in [-0.05, 0) is 104 Å².